The van der Waals surface area contributed by atoms with Crippen LogP contribution in [0, 0.1) is 0 Å². The Hall–Kier alpha value is -1.14. The molecule has 1 aliphatic rings. The van der Waals surface area contributed by atoms with E-state index in [1.165, 1.54) is 0 Å². The van der Waals surface area contributed by atoms with Gasteiger partial charge in [-0.3, -0.25) is 5.10 Å². The molecule has 0 bridgehead atoms. The minimum Gasteiger partial charge on any atom is -0.382 e. The first-order valence-corrected chi connectivity index (χ1v) is 5.62. The van der Waals surface area contributed by atoms with Gasteiger partial charge in [-0.25, -0.2) is 0 Å². The summed E-state index contributed by atoms with van der Waals surface area (Å²) >= 11 is 0. The predicted octanol–water partition coefficient (Wildman–Crippen LogP) is -0.0404. The molecule has 0 saturated carbocycles. The molecule has 0 radical (unpaired) electrons. The number of aromatic amines is 1. The van der Waals surface area contributed by atoms with E-state index in [9.17, 15) is 5.11 Å². The monoisotopic (exact) mass is 225 g/mol. The Morgan fingerprint density at radius 1 is 1.44 bits per heavy atom. The van der Waals surface area contributed by atoms with E-state index in [0.717, 1.165) is 25.9 Å². The molecule has 2 rings (SSSR count). The average Bonchev–Trinajstić information content (AvgIpc) is 2.67. The van der Waals surface area contributed by atoms with Crippen LogP contribution in [0.15, 0.2) is 0 Å². The molecule has 1 aromatic heterocycles. The molecule has 90 valence electrons. The molecule has 6 nitrogen and oxygen atoms in total. The quantitative estimate of drug-likeness (QED) is 0.657. The zero-order valence-corrected chi connectivity index (χ0v) is 9.77. The molecule has 0 atom stereocenters. The van der Waals surface area contributed by atoms with Crippen molar-refractivity contribution >= 4 is 5.95 Å². The predicted molar refractivity (Wildman–Crippen MR) is 61.0 cm³/mol. The molecule has 0 aliphatic carbocycles. The summed E-state index contributed by atoms with van der Waals surface area (Å²) in [7, 11) is 0. The normalized spacial score (nSPS) is 19.1. The van der Waals surface area contributed by atoms with Crippen LogP contribution in [0.1, 0.15) is 32.5 Å². The van der Waals surface area contributed by atoms with Crippen LogP contribution >= 0.6 is 0 Å². The highest BCUT2D eigenvalue weighted by Crippen LogP contribution is 2.19. The first kappa shape index (κ1) is 11.3. The largest absolute Gasteiger partial charge is 0.382 e. The van der Waals surface area contributed by atoms with E-state index >= 15 is 0 Å². The summed E-state index contributed by atoms with van der Waals surface area (Å²) in [5.41, 5.74) is 4.86. The van der Waals surface area contributed by atoms with Gasteiger partial charge in [0, 0.05) is 19.1 Å². The Labute approximate surface area is 94.9 Å². The second-order valence-electron chi connectivity index (χ2n) is 4.87. The zero-order chi connectivity index (χ0) is 11.8. The van der Waals surface area contributed by atoms with Gasteiger partial charge in [0.05, 0.1) is 0 Å². The summed E-state index contributed by atoms with van der Waals surface area (Å²) in [6.45, 7) is 5.13. The maximum atomic E-state index is 9.77. The Balaban J connectivity index is 2.08. The summed E-state index contributed by atoms with van der Waals surface area (Å²) in [6.07, 6.45) is 1.93. The van der Waals surface area contributed by atoms with Crippen LogP contribution in [0.25, 0.3) is 0 Å². The number of nitrogens with one attached hydrogen (secondary N) is 1. The molecule has 1 fully saturated rings. The number of aliphatic hydroxyl groups is 1. The van der Waals surface area contributed by atoms with Gasteiger partial charge in [-0.05, 0) is 26.7 Å². The number of nitrogens with two attached hydrogens (primary N) is 1. The first-order chi connectivity index (χ1) is 7.47. The lowest BCUT2D eigenvalue weighted by molar-refractivity contribution is 0.0691. The summed E-state index contributed by atoms with van der Waals surface area (Å²) in [6, 6.07) is 0.295. The van der Waals surface area contributed by atoms with Crippen molar-refractivity contribution in [1.82, 2.24) is 15.2 Å². The van der Waals surface area contributed by atoms with Crippen molar-refractivity contribution in [2.45, 2.75) is 38.3 Å². The van der Waals surface area contributed by atoms with E-state index in [-0.39, 0.29) is 0 Å². The van der Waals surface area contributed by atoms with Crippen molar-refractivity contribution < 1.29 is 5.11 Å². The minimum absolute atomic E-state index is 0.295. The minimum atomic E-state index is -0.975. The summed E-state index contributed by atoms with van der Waals surface area (Å²) < 4.78 is 0. The van der Waals surface area contributed by atoms with Crippen molar-refractivity contribution in [1.29, 1.82) is 0 Å². The van der Waals surface area contributed by atoms with Gasteiger partial charge in [-0.15, -0.1) is 5.10 Å². The van der Waals surface area contributed by atoms with Gasteiger partial charge >= 0.3 is 0 Å². The van der Waals surface area contributed by atoms with Crippen molar-refractivity contribution in [3.63, 3.8) is 0 Å². The molecular formula is C10H19N5O. The van der Waals surface area contributed by atoms with Crippen LogP contribution in [0.5, 0.6) is 0 Å². The van der Waals surface area contributed by atoms with Crippen molar-refractivity contribution in [3.8, 4) is 0 Å². The summed E-state index contributed by atoms with van der Waals surface area (Å²) in [4.78, 5) is 6.39. The molecule has 1 aliphatic heterocycles. The number of piperidine rings is 1. The number of hydrogen-bond donors (Lipinski definition) is 3. The summed E-state index contributed by atoms with van der Waals surface area (Å²) in [5, 5.41) is 16.7. The number of hydrogen-bond acceptors (Lipinski definition) is 5. The van der Waals surface area contributed by atoms with Crippen molar-refractivity contribution in [3.05, 3.63) is 5.82 Å². The lowest BCUT2D eigenvalue weighted by Crippen LogP contribution is -2.40. The Kier molecular flexibility index (Phi) is 2.86. The molecule has 2 heterocycles. The topological polar surface area (TPSA) is 91.1 Å². The van der Waals surface area contributed by atoms with Crippen LogP contribution in [0.4, 0.5) is 5.95 Å². The SMILES string of the molecule is CC(C)(O)c1nc(N2CCC(N)CC2)n[nH]1. The average molecular weight is 225 g/mol. The fourth-order valence-electron chi connectivity index (χ4n) is 1.77. The van der Waals surface area contributed by atoms with E-state index in [2.05, 4.69) is 20.1 Å². The van der Waals surface area contributed by atoms with Crippen LogP contribution < -0.4 is 10.6 Å². The molecule has 1 aromatic rings. The van der Waals surface area contributed by atoms with Gasteiger partial charge < -0.3 is 15.7 Å². The highest BCUT2D eigenvalue weighted by Gasteiger charge is 2.24. The number of aromatic nitrogens is 3. The van der Waals surface area contributed by atoms with E-state index in [4.69, 9.17) is 5.73 Å². The van der Waals surface area contributed by atoms with Gasteiger partial charge in [0.1, 0.15) is 5.60 Å². The number of nitrogens with zero attached hydrogens (tertiary/aromatic N) is 3. The molecule has 1 saturated heterocycles. The number of rotatable bonds is 2. The number of anilines is 1. The lowest BCUT2D eigenvalue weighted by Gasteiger charge is -2.29. The standard InChI is InChI=1S/C10H19N5O/c1-10(2,16)8-12-9(14-13-8)15-5-3-7(11)4-6-15/h7,16H,3-6,11H2,1-2H3,(H,12,13,14). The van der Waals surface area contributed by atoms with Gasteiger partial charge in [-0.1, -0.05) is 0 Å². The molecule has 0 spiro atoms. The number of H-pyrrole nitrogens is 1. The Morgan fingerprint density at radius 3 is 2.56 bits per heavy atom. The van der Waals surface area contributed by atoms with Crippen LogP contribution in [-0.2, 0) is 5.60 Å². The Bertz CT molecular complexity index is 348. The molecule has 0 unspecified atom stereocenters. The fourth-order valence-corrected chi connectivity index (χ4v) is 1.77. The van der Waals surface area contributed by atoms with Gasteiger partial charge in [0.2, 0.25) is 5.95 Å². The van der Waals surface area contributed by atoms with E-state index < -0.39 is 5.60 Å². The highest BCUT2D eigenvalue weighted by atomic mass is 16.3. The van der Waals surface area contributed by atoms with Crippen LogP contribution in [0.2, 0.25) is 0 Å². The van der Waals surface area contributed by atoms with E-state index in [1.54, 1.807) is 13.8 Å². The third-order valence-electron chi connectivity index (χ3n) is 2.88. The fraction of sp³-hybridized carbons (Fsp3) is 0.800. The molecule has 4 N–H and O–H groups in total. The van der Waals surface area contributed by atoms with Gasteiger partial charge in [0.15, 0.2) is 5.82 Å². The van der Waals surface area contributed by atoms with Crippen LogP contribution in [0.3, 0.4) is 0 Å². The molecule has 16 heavy (non-hydrogen) atoms. The van der Waals surface area contributed by atoms with E-state index in [0.29, 0.717) is 17.8 Å². The highest BCUT2D eigenvalue weighted by molar-refractivity contribution is 5.30. The molecular weight excluding hydrogens is 206 g/mol. The third-order valence-corrected chi connectivity index (χ3v) is 2.88. The maximum absolute atomic E-state index is 9.77. The molecule has 0 aromatic carbocycles. The second kappa shape index (κ2) is 4.03. The first-order valence-electron chi connectivity index (χ1n) is 5.62. The second-order valence-corrected chi connectivity index (χ2v) is 4.87. The molecule has 0 amide bonds. The Morgan fingerprint density at radius 2 is 2.06 bits per heavy atom. The van der Waals surface area contributed by atoms with Gasteiger partial charge in [-0.2, -0.15) is 4.98 Å². The van der Waals surface area contributed by atoms with Crippen LogP contribution in [-0.4, -0.2) is 39.4 Å². The van der Waals surface area contributed by atoms with E-state index in [1.807, 2.05) is 0 Å². The third kappa shape index (κ3) is 2.33. The zero-order valence-electron chi connectivity index (χ0n) is 9.77. The maximum Gasteiger partial charge on any atom is 0.244 e. The van der Waals surface area contributed by atoms with Gasteiger partial charge in [0.25, 0.3) is 0 Å². The smallest absolute Gasteiger partial charge is 0.244 e. The lowest BCUT2D eigenvalue weighted by atomic mass is 10.1. The summed E-state index contributed by atoms with van der Waals surface area (Å²) in [5.74, 6) is 1.15. The van der Waals surface area contributed by atoms with Crippen molar-refractivity contribution in [2.75, 3.05) is 18.0 Å². The van der Waals surface area contributed by atoms with Crippen molar-refractivity contribution in [2.24, 2.45) is 5.73 Å². The molecule has 6 heteroatoms.